The molecule has 1 aliphatic heterocycles. The number of carbonyl (C=O) groups excluding carboxylic acids is 2. The second-order valence-corrected chi connectivity index (χ2v) is 3.36. The normalized spacial score (nSPS) is 21.9. The van der Waals surface area contributed by atoms with Gasteiger partial charge in [0, 0.05) is 24.2 Å². The van der Waals surface area contributed by atoms with Gasteiger partial charge in [-0.3, -0.25) is 9.69 Å². The van der Waals surface area contributed by atoms with Gasteiger partial charge in [-0.2, -0.15) is 0 Å². The molecule has 1 atom stereocenters. The van der Waals surface area contributed by atoms with Gasteiger partial charge < -0.3 is 4.74 Å². The van der Waals surface area contributed by atoms with Gasteiger partial charge in [-0.25, -0.2) is 4.79 Å². The van der Waals surface area contributed by atoms with Crippen molar-refractivity contribution in [3.8, 4) is 0 Å². The molecule has 1 rings (SSSR count). The fraction of sp³-hybridized carbons (Fsp3) is 0.600. The first-order chi connectivity index (χ1) is 6.60. The molecule has 14 heavy (non-hydrogen) atoms. The predicted octanol–water partition coefficient (Wildman–Crippen LogP) is 1.71. The summed E-state index contributed by atoms with van der Waals surface area (Å²) in [5.74, 6) is 0.0782. The van der Waals surface area contributed by atoms with E-state index in [1.54, 1.807) is 11.8 Å². The molecule has 0 aliphatic carbocycles. The minimum atomic E-state index is -0.391. The summed E-state index contributed by atoms with van der Waals surface area (Å²) in [6, 6.07) is -0.0556. The van der Waals surface area contributed by atoms with Crippen LogP contribution in [-0.2, 0) is 9.53 Å². The van der Waals surface area contributed by atoms with E-state index >= 15 is 0 Å². The molecule has 0 N–H and O–H groups in total. The number of hydrogen-bond acceptors (Lipinski definition) is 3. The minimum absolute atomic E-state index is 0.0556. The molecule has 78 valence electrons. The summed E-state index contributed by atoms with van der Waals surface area (Å²) in [6.07, 6.45) is 2.25. The molecule has 0 aromatic heterocycles. The Balaban J connectivity index is 2.93. The number of ketones is 1. The molecule has 4 heteroatoms. The zero-order chi connectivity index (χ0) is 10.7. The number of nitrogens with zero attached hydrogens (tertiary/aromatic N) is 1. The molecule has 0 aromatic rings. The van der Waals surface area contributed by atoms with Crippen LogP contribution in [0.5, 0.6) is 0 Å². The summed E-state index contributed by atoms with van der Waals surface area (Å²) in [6.45, 7) is 3.70. The maximum atomic E-state index is 11.4. The Kier molecular flexibility index (Phi) is 3.28. The summed E-state index contributed by atoms with van der Waals surface area (Å²) in [5.41, 5.74) is 0.667. The van der Waals surface area contributed by atoms with Gasteiger partial charge in [0.1, 0.15) is 0 Å². The second kappa shape index (κ2) is 4.26. The third-order valence-corrected chi connectivity index (χ3v) is 2.39. The van der Waals surface area contributed by atoms with Crippen molar-refractivity contribution in [3.63, 3.8) is 0 Å². The molecule has 0 bridgehead atoms. The summed E-state index contributed by atoms with van der Waals surface area (Å²) in [5, 5.41) is 0. The third kappa shape index (κ3) is 1.95. The SMILES string of the molecule is CC[C@H]1CC(=O)C=C(C)N1C(=O)OC. The summed E-state index contributed by atoms with van der Waals surface area (Å²) in [7, 11) is 1.35. The van der Waals surface area contributed by atoms with Gasteiger partial charge in [-0.05, 0) is 13.3 Å². The zero-order valence-corrected chi connectivity index (χ0v) is 8.74. The number of hydrogen-bond donors (Lipinski definition) is 0. The highest BCUT2D eigenvalue weighted by molar-refractivity contribution is 5.93. The average molecular weight is 197 g/mol. The van der Waals surface area contributed by atoms with E-state index in [9.17, 15) is 9.59 Å². The molecule has 0 radical (unpaired) electrons. The van der Waals surface area contributed by atoms with Gasteiger partial charge in [0.05, 0.1) is 7.11 Å². The first kappa shape index (κ1) is 10.8. The summed E-state index contributed by atoms with van der Waals surface area (Å²) in [4.78, 5) is 24.2. The van der Waals surface area contributed by atoms with Crippen LogP contribution in [0.1, 0.15) is 26.7 Å². The van der Waals surface area contributed by atoms with E-state index in [1.165, 1.54) is 13.2 Å². The Hall–Kier alpha value is -1.32. The van der Waals surface area contributed by atoms with Crippen molar-refractivity contribution in [1.29, 1.82) is 0 Å². The van der Waals surface area contributed by atoms with Crippen molar-refractivity contribution in [2.45, 2.75) is 32.7 Å². The minimum Gasteiger partial charge on any atom is -0.452 e. The fourth-order valence-electron chi connectivity index (χ4n) is 1.69. The lowest BCUT2D eigenvalue weighted by atomic mass is 10.0. The first-order valence-corrected chi connectivity index (χ1v) is 4.68. The second-order valence-electron chi connectivity index (χ2n) is 3.36. The standard InChI is InChI=1S/C10H15NO3/c1-4-8-6-9(12)5-7(2)11(8)10(13)14-3/h5,8H,4,6H2,1-3H3/t8-/m0/s1. The molecule has 0 unspecified atom stereocenters. The van der Waals surface area contributed by atoms with E-state index in [1.807, 2.05) is 6.92 Å². The topological polar surface area (TPSA) is 46.6 Å². The van der Waals surface area contributed by atoms with Crippen LogP contribution in [0.2, 0.25) is 0 Å². The maximum absolute atomic E-state index is 11.4. The quantitative estimate of drug-likeness (QED) is 0.642. The van der Waals surface area contributed by atoms with Crippen LogP contribution in [0, 0.1) is 0 Å². The van der Waals surface area contributed by atoms with Gasteiger partial charge >= 0.3 is 6.09 Å². The van der Waals surface area contributed by atoms with E-state index in [0.29, 0.717) is 12.1 Å². The molecular formula is C10H15NO3. The largest absolute Gasteiger partial charge is 0.452 e. The molecule has 1 aliphatic rings. The van der Waals surface area contributed by atoms with Crippen LogP contribution in [0.4, 0.5) is 4.79 Å². The number of rotatable bonds is 1. The average Bonchev–Trinajstić information content (AvgIpc) is 2.15. The van der Waals surface area contributed by atoms with Crippen LogP contribution >= 0.6 is 0 Å². The van der Waals surface area contributed by atoms with Crippen LogP contribution in [-0.4, -0.2) is 29.9 Å². The van der Waals surface area contributed by atoms with E-state index in [0.717, 1.165) is 6.42 Å². The van der Waals surface area contributed by atoms with E-state index in [-0.39, 0.29) is 11.8 Å². The maximum Gasteiger partial charge on any atom is 0.414 e. The number of ether oxygens (including phenoxy) is 1. The lowest BCUT2D eigenvalue weighted by molar-refractivity contribution is -0.116. The molecule has 4 nitrogen and oxygen atoms in total. The van der Waals surface area contributed by atoms with Gasteiger partial charge in [0.25, 0.3) is 0 Å². The van der Waals surface area contributed by atoms with Crippen molar-refractivity contribution in [3.05, 3.63) is 11.8 Å². The molecule has 0 spiro atoms. The smallest absolute Gasteiger partial charge is 0.414 e. The van der Waals surface area contributed by atoms with Gasteiger partial charge in [-0.1, -0.05) is 6.92 Å². The third-order valence-electron chi connectivity index (χ3n) is 2.39. The van der Waals surface area contributed by atoms with E-state index < -0.39 is 6.09 Å². The van der Waals surface area contributed by atoms with E-state index in [4.69, 9.17) is 0 Å². The lowest BCUT2D eigenvalue weighted by Crippen LogP contribution is -2.42. The van der Waals surface area contributed by atoms with Crippen LogP contribution in [0.15, 0.2) is 11.8 Å². The van der Waals surface area contributed by atoms with Crippen LogP contribution in [0.25, 0.3) is 0 Å². The summed E-state index contributed by atoms with van der Waals surface area (Å²) >= 11 is 0. The van der Waals surface area contributed by atoms with Gasteiger partial charge in [0.15, 0.2) is 5.78 Å². The highest BCUT2D eigenvalue weighted by atomic mass is 16.5. The van der Waals surface area contributed by atoms with Crippen molar-refractivity contribution < 1.29 is 14.3 Å². The Morgan fingerprint density at radius 3 is 2.86 bits per heavy atom. The lowest BCUT2D eigenvalue weighted by Gasteiger charge is -2.32. The molecule has 1 amide bonds. The first-order valence-electron chi connectivity index (χ1n) is 4.68. The predicted molar refractivity (Wildman–Crippen MR) is 51.7 cm³/mol. The Morgan fingerprint density at radius 2 is 2.36 bits per heavy atom. The molecule has 0 saturated heterocycles. The highest BCUT2D eigenvalue weighted by Crippen LogP contribution is 2.21. The molecule has 1 heterocycles. The Bertz CT molecular complexity index is 283. The van der Waals surface area contributed by atoms with Gasteiger partial charge in [0.2, 0.25) is 0 Å². The zero-order valence-electron chi connectivity index (χ0n) is 8.74. The van der Waals surface area contributed by atoms with Crippen molar-refractivity contribution >= 4 is 11.9 Å². The number of methoxy groups -OCH3 is 1. The number of allylic oxidation sites excluding steroid dienone is 2. The van der Waals surface area contributed by atoms with E-state index in [2.05, 4.69) is 4.74 Å². The fourth-order valence-corrected chi connectivity index (χ4v) is 1.69. The molecule has 0 fully saturated rings. The molecule has 0 saturated carbocycles. The van der Waals surface area contributed by atoms with Crippen molar-refractivity contribution in [1.82, 2.24) is 4.90 Å². The summed E-state index contributed by atoms with van der Waals surface area (Å²) < 4.78 is 4.66. The Labute approximate surface area is 83.5 Å². The Morgan fingerprint density at radius 1 is 1.71 bits per heavy atom. The van der Waals surface area contributed by atoms with Crippen LogP contribution < -0.4 is 0 Å². The highest BCUT2D eigenvalue weighted by Gasteiger charge is 2.29. The molecule has 0 aromatic carbocycles. The van der Waals surface area contributed by atoms with Gasteiger partial charge in [-0.15, -0.1) is 0 Å². The van der Waals surface area contributed by atoms with Crippen LogP contribution in [0.3, 0.4) is 0 Å². The monoisotopic (exact) mass is 197 g/mol. The number of carbonyl (C=O) groups is 2. The van der Waals surface area contributed by atoms with Crippen molar-refractivity contribution in [2.75, 3.05) is 7.11 Å². The number of amides is 1. The van der Waals surface area contributed by atoms with Crippen molar-refractivity contribution in [2.24, 2.45) is 0 Å². The molecular weight excluding hydrogens is 182 g/mol.